The second-order valence-corrected chi connectivity index (χ2v) is 5.96. The van der Waals surface area contributed by atoms with Crippen LogP contribution in [0.2, 0.25) is 0 Å². The van der Waals surface area contributed by atoms with Crippen molar-refractivity contribution in [2.75, 3.05) is 0 Å². The zero-order valence-corrected chi connectivity index (χ0v) is 13.1. The largest absolute Gasteiger partial charge is 0.327 e. The quantitative estimate of drug-likeness (QED) is 0.669. The van der Waals surface area contributed by atoms with Crippen LogP contribution in [0.25, 0.3) is 11.0 Å². The summed E-state index contributed by atoms with van der Waals surface area (Å²) >= 11 is 6.31. The number of halogens is 1. The predicted octanol–water partition coefficient (Wildman–Crippen LogP) is 3.93. The predicted molar refractivity (Wildman–Crippen MR) is 85.6 cm³/mol. The summed E-state index contributed by atoms with van der Waals surface area (Å²) in [5.74, 6) is 0.946. The molecular formula is C16H19ClN4. The minimum Gasteiger partial charge on any atom is -0.327 e. The van der Waals surface area contributed by atoms with Gasteiger partial charge in [0.15, 0.2) is 0 Å². The number of hydrogen-bond acceptors (Lipinski definition) is 2. The van der Waals surface area contributed by atoms with E-state index < -0.39 is 0 Å². The number of nitrogens with zero attached hydrogens (tertiary/aromatic N) is 4. The van der Waals surface area contributed by atoms with Gasteiger partial charge >= 0.3 is 0 Å². The Kier molecular flexibility index (Phi) is 3.97. The van der Waals surface area contributed by atoms with Gasteiger partial charge in [-0.1, -0.05) is 12.1 Å². The maximum absolute atomic E-state index is 6.31. The lowest BCUT2D eigenvalue weighted by atomic mass is 10.2. The van der Waals surface area contributed by atoms with Gasteiger partial charge in [-0.2, -0.15) is 5.10 Å². The van der Waals surface area contributed by atoms with Crippen molar-refractivity contribution in [2.45, 2.75) is 38.7 Å². The van der Waals surface area contributed by atoms with Crippen LogP contribution >= 0.6 is 11.6 Å². The molecule has 1 aromatic carbocycles. The Bertz CT molecular complexity index is 728. The number of aryl methyl sites for hydroxylation is 3. The molecule has 3 rings (SSSR count). The van der Waals surface area contributed by atoms with Crippen LogP contribution in [-0.2, 0) is 13.1 Å². The molecule has 2 heterocycles. The monoisotopic (exact) mass is 302 g/mol. The molecule has 110 valence electrons. The fourth-order valence-electron chi connectivity index (χ4n) is 2.67. The number of hydrogen-bond donors (Lipinski definition) is 0. The third-order valence-electron chi connectivity index (χ3n) is 3.69. The van der Waals surface area contributed by atoms with Crippen LogP contribution in [0.15, 0.2) is 36.7 Å². The molecule has 0 radical (unpaired) electrons. The maximum atomic E-state index is 6.31. The van der Waals surface area contributed by atoms with Gasteiger partial charge in [0.1, 0.15) is 5.82 Å². The van der Waals surface area contributed by atoms with E-state index in [2.05, 4.69) is 34.8 Å². The zero-order chi connectivity index (χ0) is 14.8. The molecule has 0 aliphatic rings. The summed E-state index contributed by atoms with van der Waals surface area (Å²) in [6.07, 6.45) is 4.79. The lowest BCUT2D eigenvalue weighted by Gasteiger charge is -2.10. The maximum Gasteiger partial charge on any atom is 0.127 e. The standard InChI is InChI=1S/C16H19ClN4/c1-12-6-3-7-14-15(12)19-16(13(2)17)21(14)11-5-10-20-9-4-8-18-20/h3-4,6-9,13H,5,10-11H2,1-2H3. The molecular weight excluding hydrogens is 284 g/mol. The van der Waals surface area contributed by atoms with Crippen LogP contribution in [0, 0.1) is 6.92 Å². The Morgan fingerprint density at radius 3 is 2.81 bits per heavy atom. The first-order chi connectivity index (χ1) is 10.2. The highest BCUT2D eigenvalue weighted by molar-refractivity contribution is 6.20. The van der Waals surface area contributed by atoms with Gasteiger partial charge in [-0.15, -0.1) is 11.6 Å². The Morgan fingerprint density at radius 2 is 2.10 bits per heavy atom. The molecule has 0 amide bonds. The third-order valence-corrected chi connectivity index (χ3v) is 3.89. The van der Waals surface area contributed by atoms with Gasteiger partial charge in [0.2, 0.25) is 0 Å². The molecule has 0 saturated heterocycles. The van der Waals surface area contributed by atoms with E-state index in [4.69, 9.17) is 16.6 Å². The van der Waals surface area contributed by atoms with Gasteiger partial charge in [0.05, 0.1) is 16.4 Å². The number of alkyl halides is 1. The van der Waals surface area contributed by atoms with E-state index in [9.17, 15) is 0 Å². The molecule has 0 aliphatic heterocycles. The van der Waals surface area contributed by atoms with Crippen molar-refractivity contribution in [3.63, 3.8) is 0 Å². The lowest BCUT2D eigenvalue weighted by Crippen LogP contribution is -2.08. The summed E-state index contributed by atoms with van der Waals surface area (Å²) in [5.41, 5.74) is 3.41. The number of aromatic nitrogens is 4. The average molecular weight is 303 g/mol. The molecule has 0 bridgehead atoms. The Labute approximate surface area is 129 Å². The van der Waals surface area contributed by atoms with E-state index in [1.807, 2.05) is 30.1 Å². The topological polar surface area (TPSA) is 35.6 Å². The highest BCUT2D eigenvalue weighted by Gasteiger charge is 2.15. The molecule has 0 saturated carbocycles. The van der Waals surface area contributed by atoms with Gasteiger partial charge in [-0.25, -0.2) is 4.98 Å². The number of rotatable bonds is 5. The Morgan fingerprint density at radius 1 is 1.24 bits per heavy atom. The van der Waals surface area contributed by atoms with Crippen molar-refractivity contribution in [1.82, 2.24) is 19.3 Å². The first-order valence-electron chi connectivity index (χ1n) is 7.24. The average Bonchev–Trinajstić information content (AvgIpc) is 3.08. The van der Waals surface area contributed by atoms with Gasteiger partial charge in [-0.05, 0) is 38.0 Å². The normalized spacial score (nSPS) is 12.9. The summed E-state index contributed by atoms with van der Waals surface area (Å²) in [6, 6.07) is 8.23. The molecule has 5 heteroatoms. The molecule has 0 N–H and O–H groups in total. The summed E-state index contributed by atoms with van der Waals surface area (Å²) in [7, 11) is 0. The summed E-state index contributed by atoms with van der Waals surface area (Å²) in [4.78, 5) is 4.74. The Hall–Kier alpha value is -1.81. The van der Waals surface area contributed by atoms with Crippen molar-refractivity contribution in [2.24, 2.45) is 0 Å². The first-order valence-corrected chi connectivity index (χ1v) is 7.67. The number of para-hydroxylation sites is 1. The van der Waals surface area contributed by atoms with Crippen molar-refractivity contribution in [3.8, 4) is 0 Å². The highest BCUT2D eigenvalue weighted by Crippen LogP contribution is 2.26. The van der Waals surface area contributed by atoms with Crippen molar-refractivity contribution in [3.05, 3.63) is 48.0 Å². The van der Waals surface area contributed by atoms with Crippen molar-refractivity contribution < 1.29 is 0 Å². The zero-order valence-electron chi connectivity index (χ0n) is 12.3. The van der Waals surface area contributed by atoms with Gasteiger partial charge in [-0.3, -0.25) is 4.68 Å². The SMILES string of the molecule is Cc1cccc2c1nc(C(C)Cl)n2CCCn1cccn1. The number of fused-ring (bicyclic) bond motifs is 1. The summed E-state index contributed by atoms with van der Waals surface area (Å²) < 4.78 is 4.19. The van der Waals surface area contributed by atoms with E-state index in [-0.39, 0.29) is 5.38 Å². The molecule has 0 fully saturated rings. The van der Waals surface area contributed by atoms with Crippen LogP contribution in [0.5, 0.6) is 0 Å². The van der Waals surface area contributed by atoms with Crippen LogP contribution in [0.4, 0.5) is 0 Å². The molecule has 1 unspecified atom stereocenters. The Balaban J connectivity index is 1.88. The fraction of sp³-hybridized carbons (Fsp3) is 0.375. The molecule has 3 aromatic rings. The molecule has 2 aromatic heterocycles. The van der Waals surface area contributed by atoms with Gasteiger partial charge in [0, 0.05) is 25.5 Å². The van der Waals surface area contributed by atoms with E-state index in [1.54, 1.807) is 0 Å². The number of benzene rings is 1. The summed E-state index contributed by atoms with van der Waals surface area (Å²) in [6.45, 7) is 5.86. The molecule has 0 spiro atoms. The highest BCUT2D eigenvalue weighted by atomic mass is 35.5. The van der Waals surface area contributed by atoms with Gasteiger partial charge in [0.25, 0.3) is 0 Å². The minimum absolute atomic E-state index is 0.0958. The molecule has 0 aliphatic carbocycles. The summed E-state index contributed by atoms with van der Waals surface area (Å²) in [5, 5.41) is 4.14. The minimum atomic E-state index is -0.0958. The lowest BCUT2D eigenvalue weighted by molar-refractivity contribution is 0.523. The van der Waals surface area contributed by atoms with Crippen molar-refractivity contribution in [1.29, 1.82) is 0 Å². The van der Waals surface area contributed by atoms with Crippen LogP contribution < -0.4 is 0 Å². The third kappa shape index (κ3) is 2.81. The number of imidazole rings is 1. The van der Waals surface area contributed by atoms with E-state index in [1.165, 1.54) is 5.56 Å². The molecule has 1 atom stereocenters. The second kappa shape index (κ2) is 5.90. The van der Waals surface area contributed by atoms with E-state index in [0.29, 0.717) is 0 Å². The van der Waals surface area contributed by atoms with Crippen LogP contribution in [-0.4, -0.2) is 19.3 Å². The second-order valence-electron chi connectivity index (χ2n) is 5.30. The fourth-order valence-corrected chi connectivity index (χ4v) is 2.83. The first kappa shape index (κ1) is 14.1. The van der Waals surface area contributed by atoms with Gasteiger partial charge < -0.3 is 4.57 Å². The molecule has 4 nitrogen and oxygen atoms in total. The van der Waals surface area contributed by atoms with Crippen LogP contribution in [0.1, 0.15) is 30.1 Å². The van der Waals surface area contributed by atoms with Crippen LogP contribution in [0.3, 0.4) is 0 Å². The van der Waals surface area contributed by atoms with E-state index in [0.717, 1.165) is 36.4 Å². The van der Waals surface area contributed by atoms with E-state index >= 15 is 0 Å². The smallest absolute Gasteiger partial charge is 0.127 e. The van der Waals surface area contributed by atoms with Crippen molar-refractivity contribution >= 4 is 22.6 Å². The molecule has 21 heavy (non-hydrogen) atoms.